The molecule has 0 saturated carbocycles. The Morgan fingerprint density at radius 3 is 2.44 bits per heavy atom. The lowest BCUT2D eigenvalue weighted by Crippen LogP contribution is -2.32. The largest absolute Gasteiger partial charge is 0.403 e. The lowest BCUT2D eigenvalue weighted by Gasteiger charge is -2.21. The Kier molecular flexibility index (Phi) is 4.92. The molecule has 0 bridgehead atoms. The maximum absolute atomic E-state index is 14.5. The van der Waals surface area contributed by atoms with Crippen LogP contribution in [0.4, 0.5) is 19.2 Å². The van der Waals surface area contributed by atoms with Gasteiger partial charge in [0.05, 0.1) is 28.3 Å². The van der Waals surface area contributed by atoms with Crippen molar-refractivity contribution in [1.82, 2.24) is 15.2 Å². The van der Waals surface area contributed by atoms with Gasteiger partial charge in [0.1, 0.15) is 27.3 Å². The normalized spacial score (nSPS) is 16.5. The van der Waals surface area contributed by atoms with Crippen LogP contribution in [0.15, 0.2) is 40.8 Å². The number of nitrogens with one attached hydrogen (secondary N) is 2. The van der Waals surface area contributed by atoms with E-state index in [1.54, 1.807) is 0 Å². The number of aromatic nitrogens is 3. The predicted molar refractivity (Wildman–Crippen MR) is 112 cm³/mol. The van der Waals surface area contributed by atoms with E-state index in [1.807, 2.05) is 0 Å². The lowest BCUT2D eigenvalue weighted by atomic mass is 10.0. The molecule has 0 unspecified atom stereocenters. The van der Waals surface area contributed by atoms with Gasteiger partial charge >= 0.3 is 6.01 Å². The Hall–Kier alpha value is -3.34. The molecule has 2 aromatic carbocycles. The second kappa shape index (κ2) is 7.66. The minimum Gasteiger partial charge on any atom is -0.403 e. The van der Waals surface area contributed by atoms with Crippen molar-refractivity contribution in [2.75, 3.05) is 16.8 Å². The molecule has 3 heterocycles. The summed E-state index contributed by atoms with van der Waals surface area (Å²) in [6.45, 7) is 0. The molecule has 0 spiro atoms. The van der Waals surface area contributed by atoms with Crippen LogP contribution in [-0.4, -0.2) is 41.1 Å². The van der Waals surface area contributed by atoms with Gasteiger partial charge in [-0.25, -0.2) is 21.6 Å². The number of fused-ring (bicyclic) bond motifs is 1. The molecular formula is C21H17F3N4O3S. The van der Waals surface area contributed by atoms with E-state index in [2.05, 4.69) is 20.5 Å². The first-order valence-corrected chi connectivity index (χ1v) is 11.7. The molecule has 1 saturated heterocycles. The minimum atomic E-state index is -3.02. The second-order valence-electron chi connectivity index (χ2n) is 7.67. The molecule has 5 rings (SSSR count). The smallest absolute Gasteiger partial charge is 0.315 e. The van der Waals surface area contributed by atoms with Crippen LogP contribution < -0.4 is 5.32 Å². The number of hydrogen-bond acceptors (Lipinski definition) is 6. The first-order valence-electron chi connectivity index (χ1n) is 9.86. The van der Waals surface area contributed by atoms with Crippen molar-refractivity contribution >= 4 is 26.8 Å². The number of H-pyrrole nitrogens is 1. The molecule has 2 aromatic heterocycles. The molecular weight excluding hydrogens is 445 g/mol. The van der Waals surface area contributed by atoms with Crippen LogP contribution in [0.1, 0.15) is 12.8 Å². The van der Waals surface area contributed by atoms with Gasteiger partial charge in [-0.2, -0.15) is 0 Å². The summed E-state index contributed by atoms with van der Waals surface area (Å²) < 4.78 is 70.8. The fraction of sp³-hybridized carbons (Fsp3) is 0.238. The number of halogens is 3. The molecule has 0 radical (unpaired) electrons. The van der Waals surface area contributed by atoms with E-state index in [9.17, 15) is 21.6 Å². The zero-order chi connectivity index (χ0) is 22.5. The van der Waals surface area contributed by atoms with Crippen LogP contribution in [0.25, 0.3) is 33.6 Å². The maximum atomic E-state index is 14.5. The molecule has 4 aromatic rings. The average Bonchev–Trinajstić information content (AvgIpc) is 3.34. The maximum Gasteiger partial charge on any atom is 0.315 e. The molecule has 0 aliphatic carbocycles. The number of sulfone groups is 1. The van der Waals surface area contributed by atoms with Gasteiger partial charge in [0, 0.05) is 17.5 Å². The summed E-state index contributed by atoms with van der Waals surface area (Å²) in [4.78, 5) is 2.91. The van der Waals surface area contributed by atoms with E-state index in [0.29, 0.717) is 24.1 Å². The minimum absolute atomic E-state index is 0.00602. The molecule has 1 fully saturated rings. The van der Waals surface area contributed by atoms with Crippen LogP contribution in [0.5, 0.6) is 0 Å². The van der Waals surface area contributed by atoms with Crippen molar-refractivity contribution in [3.63, 3.8) is 0 Å². The van der Waals surface area contributed by atoms with Crippen LogP contribution in [-0.2, 0) is 9.84 Å². The third kappa shape index (κ3) is 3.83. The van der Waals surface area contributed by atoms with Crippen molar-refractivity contribution in [2.24, 2.45) is 0 Å². The molecule has 1 aliphatic heterocycles. The van der Waals surface area contributed by atoms with Crippen LogP contribution in [0.2, 0.25) is 0 Å². The molecule has 0 atom stereocenters. The Morgan fingerprint density at radius 2 is 1.72 bits per heavy atom. The highest BCUT2D eigenvalue weighted by atomic mass is 32.2. The number of hydrogen-bond donors (Lipinski definition) is 2. The molecule has 166 valence electrons. The van der Waals surface area contributed by atoms with Gasteiger partial charge in [0.25, 0.3) is 5.89 Å². The number of benzene rings is 2. The van der Waals surface area contributed by atoms with E-state index < -0.39 is 27.3 Å². The molecule has 11 heteroatoms. The standard InChI is InChI=1S/C21H17F3N4O3S/c22-12-3-1-11(2-4-12)18-17(15-9-13(23)10-16(24)19(15)26-18)20-27-28-21(31-20)25-14-5-7-32(29,30)8-6-14/h1-4,9-10,14,26H,5-8H2,(H,25,28). The Morgan fingerprint density at radius 1 is 1.00 bits per heavy atom. The van der Waals surface area contributed by atoms with E-state index in [1.165, 1.54) is 24.3 Å². The van der Waals surface area contributed by atoms with Gasteiger partial charge < -0.3 is 14.7 Å². The van der Waals surface area contributed by atoms with Crippen molar-refractivity contribution in [3.05, 3.63) is 53.8 Å². The number of rotatable bonds is 4. The quantitative estimate of drug-likeness (QED) is 0.469. The summed E-state index contributed by atoms with van der Waals surface area (Å²) >= 11 is 0. The van der Waals surface area contributed by atoms with Crippen molar-refractivity contribution < 1.29 is 26.0 Å². The van der Waals surface area contributed by atoms with E-state index in [4.69, 9.17) is 4.42 Å². The average molecular weight is 462 g/mol. The van der Waals surface area contributed by atoms with Crippen LogP contribution in [0, 0.1) is 17.5 Å². The number of anilines is 1. The monoisotopic (exact) mass is 462 g/mol. The number of nitrogens with zero attached hydrogens (tertiary/aromatic N) is 2. The highest BCUT2D eigenvalue weighted by Gasteiger charge is 2.26. The molecule has 7 nitrogen and oxygen atoms in total. The summed E-state index contributed by atoms with van der Waals surface area (Å²) in [5.74, 6) is -1.87. The van der Waals surface area contributed by atoms with E-state index in [-0.39, 0.29) is 45.9 Å². The first-order chi connectivity index (χ1) is 15.3. The first kappa shape index (κ1) is 20.6. The van der Waals surface area contributed by atoms with Gasteiger partial charge in [0.15, 0.2) is 0 Å². The van der Waals surface area contributed by atoms with Gasteiger partial charge in [-0.05, 0) is 48.7 Å². The molecule has 2 N–H and O–H groups in total. The summed E-state index contributed by atoms with van der Waals surface area (Å²) in [6.07, 6.45) is 0.814. The second-order valence-corrected chi connectivity index (χ2v) is 9.98. The van der Waals surface area contributed by atoms with E-state index in [0.717, 1.165) is 12.1 Å². The fourth-order valence-corrected chi connectivity index (χ4v) is 5.36. The third-order valence-corrected chi connectivity index (χ3v) is 7.19. The zero-order valence-corrected chi connectivity index (χ0v) is 17.3. The topological polar surface area (TPSA) is 101 Å². The Balaban J connectivity index is 1.56. The number of aromatic amines is 1. The predicted octanol–water partition coefficient (Wildman–Crippen LogP) is 4.29. The summed E-state index contributed by atoms with van der Waals surface area (Å²) in [6, 6.07) is 7.32. The summed E-state index contributed by atoms with van der Waals surface area (Å²) in [5.41, 5.74) is 1.20. The van der Waals surface area contributed by atoms with Gasteiger partial charge in [-0.1, -0.05) is 5.10 Å². The summed E-state index contributed by atoms with van der Waals surface area (Å²) in [7, 11) is -3.02. The van der Waals surface area contributed by atoms with Crippen molar-refractivity contribution in [3.8, 4) is 22.7 Å². The van der Waals surface area contributed by atoms with Crippen LogP contribution >= 0.6 is 0 Å². The zero-order valence-electron chi connectivity index (χ0n) is 16.5. The molecule has 1 aliphatic rings. The SMILES string of the molecule is O=S1(=O)CCC(Nc2nnc(-c3c(-c4ccc(F)cc4)[nH]c4c(F)cc(F)cc34)o2)CC1. The third-order valence-electron chi connectivity index (χ3n) is 5.48. The molecule has 0 amide bonds. The van der Waals surface area contributed by atoms with Crippen molar-refractivity contribution in [2.45, 2.75) is 18.9 Å². The Bertz CT molecular complexity index is 1400. The van der Waals surface area contributed by atoms with Gasteiger partial charge in [-0.3, -0.25) is 0 Å². The van der Waals surface area contributed by atoms with Crippen molar-refractivity contribution in [1.29, 1.82) is 0 Å². The lowest BCUT2D eigenvalue weighted by molar-refractivity contribution is 0.534. The van der Waals surface area contributed by atoms with Gasteiger partial charge in [0.2, 0.25) is 0 Å². The van der Waals surface area contributed by atoms with Gasteiger partial charge in [-0.15, -0.1) is 5.10 Å². The fourth-order valence-electron chi connectivity index (χ4n) is 3.87. The summed E-state index contributed by atoms with van der Waals surface area (Å²) in [5, 5.41) is 11.2. The highest BCUT2D eigenvalue weighted by Crippen LogP contribution is 2.39. The Labute approximate surface area is 180 Å². The van der Waals surface area contributed by atoms with Crippen LogP contribution in [0.3, 0.4) is 0 Å². The highest BCUT2D eigenvalue weighted by molar-refractivity contribution is 7.91. The molecule has 32 heavy (non-hydrogen) atoms. The van der Waals surface area contributed by atoms with E-state index >= 15 is 0 Å².